The van der Waals surface area contributed by atoms with Crippen LogP contribution in [0.15, 0.2) is 34.7 Å². The van der Waals surface area contributed by atoms with Crippen molar-refractivity contribution in [2.45, 2.75) is 26.3 Å². The molecule has 0 spiro atoms. The second-order valence-electron chi connectivity index (χ2n) is 4.34. The van der Waals surface area contributed by atoms with E-state index in [1.165, 1.54) is 22.4 Å². The van der Waals surface area contributed by atoms with Gasteiger partial charge in [-0.15, -0.1) is 0 Å². The van der Waals surface area contributed by atoms with E-state index in [4.69, 9.17) is 9.47 Å². The predicted molar refractivity (Wildman–Crippen MR) is 60.3 cm³/mol. The van der Waals surface area contributed by atoms with Crippen molar-refractivity contribution < 1.29 is 9.47 Å². The van der Waals surface area contributed by atoms with Crippen LogP contribution >= 0.6 is 0 Å². The first-order chi connectivity index (χ1) is 7.75. The van der Waals surface area contributed by atoms with Crippen LogP contribution in [0.2, 0.25) is 0 Å². The van der Waals surface area contributed by atoms with Gasteiger partial charge in [-0.05, 0) is 25.5 Å². The second-order valence-corrected chi connectivity index (χ2v) is 4.34. The summed E-state index contributed by atoms with van der Waals surface area (Å²) < 4.78 is 11.2. The monoisotopic (exact) mass is 220 g/mol. The molecule has 16 heavy (non-hydrogen) atoms. The maximum Gasteiger partial charge on any atom is 0.184 e. The Morgan fingerprint density at radius 2 is 2.00 bits per heavy atom. The first kappa shape index (κ1) is 9.93. The summed E-state index contributed by atoms with van der Waals surface area (Å²) in [5.41, 5.74) is 4.77. The van der Waals surface area contributed by atoms with Crippen LogP contribution in [0.5, 0.6) is 0 Å². The number of fused-ring (bicyclic) bond motifs is 1. The Labute approximate surface area is 95.0 Å². The van der Waals surface area contributed by atoms with Crippen LogP contribution in [0.4, 0.5) is 0 Å². The number of rotatable bonds is 1. The van der Waals surface area contributed by atoms with Crippen molar-refractivity contribution in [1.29, 1.82) is 0 Å². The van der Waals surface area contributed by atoms with E-state index in [-0.39, 0.29) is 12.5 Å². The molecule has 0 aromatic rings. The average Bonchev–Trinajstić information content (AvgIpc) is 2.85. The Morgan fingerprint density at radius 3 is 2.75 bits per heavy atom. The fourth-order valence-corrected chi connectivity index (χ4v) is 2.39. The highest BCUT2D eigenvalue weighted by Crippen LogP contribution is 2.31. The molecule has 0 aromatic carbocycles. The van der Waals surface area contributed by atoms with Gasteiger partial charge in [0.1, 0.15) is 6.17 Å². The number of hydrogen-bond donors (Lipinski definition) is 2. The minimum absolute atomic E-state index is 0.173. The first-order valence-corrected chi connectivity index (χ1v) is 5.61. The summed E-state index contributed by atoms with van der Waals surface area (Å²) in [6.45, 7) is 5.51. The zero-order valence-electron chi connectivity index (χ0n) is 9.54. The molecule has 0 aromatic heterocycles. The number of hydrogen-bond acceptors (Lipinski definition) is 4. The molecule has 4 nitrogen and oxygen atoms in total. The molecule has 4 heteroatoms. The second kappa shape index (κ2) is 3.64. The average molecular weight is 220 g/mol. The lowest BCUT2D eigenvalue weighted by Crippen LogP contribution is -2.39. The molecule has 0 radical (unpaired) electrons. The molecule has 1 atom stereocenters. The van der Waals surface area contributed by atoms with Gasteiger partial charge in [-0.1, -0.05) is 0 Å². The molecule has 3 heterocycles. The maximum atomic E-state index is 5.60. The molecule has 1 saturated heterocycles. The standard InChI is InChI=1S/C12H16N2O2/c1-7-6-13-11-9(5-8(2)14-11)10(7)12-15-3-4-16-12/h5-6,11-14H,3-4H2,1-2H3. The molecule has 3 aliphatic heterocycles. The molecule has 1 unspecified atom stereocenters. The van der Waals surface area contributed by atoms with E-state index in [1.54, 1.807) is 0 Å². The molecule has 3 aliphatic rings. The van der Waals surface area contributed by atoms with E-state index in [0.29, 0.717) is 13.2 Å². The summed E-state index contributed by atoms with van der Waals surface area (Å²) in [7, 11) is 0. The highest BCUT2D eigenvalue weighted by molar-refractivity contribution is 5.49. The van der Waals surface area contributed by atoms with E-state index < -0.39 is 0 Å². The third-order valence-electron chi connectivity index (χ3n) is 3.11. The molecule has 3 rings (SSSR count). The molecule has 0 aliphatic carbocycles. The van der Waals surface area contributed by atoms with Crippen LogP contribution in [0.25, 0.3) is 0 Å². The zero-order chi connectivity index (χ0) is 11.1. The van der Waals surface area contributed by atoms with Gasteiger partial charge in [-0.2, -0.15) is 0 Å². The lowest BCUT2D eigenvalue weighted by Gasteiger charge is -2.26. The Kier molecular flexibility index (Phi) is 2.26. The SMILES string of the molecule is CC1=CC2=C(C3OCCO3)C(C)=CNC2N1. The van der Waals surface area contributed by atoms with E-state index in [1.807, 2.05) is 6.20 Å². The quantitative estimate of drug-likeness (QED) is 0.691. The minimum Gasteiger partial charge on any atom is -0.367 e. The summed E-state index contributed by atoms with van der Waals surface area (Å²) in [5, 5.41) is 6.69. The fourth-order valence-electron chi connectivity index (χ4n) is 2.39. The molecule has 2 N–H and O–H groups in total. The third kappa shape index (κ3) is 1.45. The molecule has 0 amide bonds. The van der Waals surface area contributed by atoms with Crippen LogP contribution < -0.4 is 10.6 Å². The topological polar surface area (TPSA) is 42.5 Å². The smallest absolute Gasteiger partial charge is 0.184 e. The highest BCUT2D eigenvalue weighted by Gasteiger charge is 2.32. The number of dihydropyridines is 1. The molecule has 1 fully saturated rings. The normalized spacial score (nSPS) is 29.5. The fraction of sp³-hybridized carbons (Fsp3) is 0.500. The van der Waals surface area contributed by atoms with Crippen LogP contribution in [0, 0.1) is 0 Å². The van der Waals surface area contributed by atoms with Gasteiger partial charge in [0.15, 0.2) is 6.29 Å². The summed E-state index contributed by atoms with van der Waals surface area (Å²) in [5.74, 6) is 0. The number of allylic oxidation sites excluding steroid dienone is 1. The van der Waals surface area contributed by atoms with Crippen molar-refractivity contribution in [3.05, 3.63) is 34.7 Å². The van der Waals surface area contributed by atoms with Gasteiger partial charge in [-0.3, -0.25) is 0 Å². The Morgan fingerprint density at radius 1 is 1.25 bits per heavy atom. The molecule has 86 valence electrons. The third-order valence-corrected chi connectivity index (χ3v) is 3.11. The van der Waals surface area contributed by atoms with Gasteiger partial charge in [0, 0.05) is 23.0 Å². The number of nitrogens with one attached hydrogen (secondary N) is 2. The van der Waals surface area contributed by atoms with Crippen molar-refractivity contribution in [3.8, 4) is 0 Å². The summed E-state index contributed by atoms with van der Waals surface area (Å²) in [6.07, 6.45) is 4.16. The Balaban J connectivity index is 2.02. The molecule has 0 saturated carbocycles. The van der Waals surface area contributed by atoms with Crippen LogP contribution in [-0.4, -0.2) is 25.7 Å². The van der Waals surface area contributed by atoms with Gasteiger partial charge < -0.3 is 20.1 Å². The van der Waals surface area contributed by atoms with Gasteiger partial charge >= 0.3 is 0 Å². The van der Waals surface area contributed by atoms with Gasteiger partial charge in [-0.25, -0.2) is 0 Å². The summed E-state index contributed by atoms with van der Waals surface area (Å²) >= 11 is 0. The van der Waals surface area contributed by atoms with Crippen molar-refractivity contribution in [2.75, 3.05) is 13.2 Å². The van der Waals surface area contributed by atoms with Gasteiger partial charge in [0.2, 0.25) is 0 Å². The van der Waals surface area contributed by atoms with Crippen molar-refractivity contribution in [1.82, 2.24) is 10.6 Å². The molecular formula is C12H16N2O2. The Hall–Kier alpha value is -1.26. The van der Waals surface area contributed by atoms with E-state index in [9.17, 15) is 0 Å². The van der Waals surface area contributed by atoms with Crippen molar-refractivity contribution in [2.24, 2.45) is 0 Å². The Bertz CT molecular complexity index is 403. The highest BCUT2D eigenvalue weighted by atomic mass is 16.7. The van der Waals surface area contributed by atoms with Gasteiger partial charge in [0.25, 0.3) is 0 Å². The van der Waals surface area contributed by atoms with E-state index >= 15 is 0 Å². The van der Waals surface area contributed by atoms with Gasteiger partial charge in [0.05, 0.1) is 13.2 Å². The van der Waals surface area contributed by atoms with Crippen molar-refractivity contribution in [3.63, 3.8) is 0 Å². The summed E-state index contributed by atoms with van der Waals surface area (Å²) in [4.78, 5) is 0. The van der Waals surface area contributed by atoms with E-state index in [0.717, 1.165) is 0 Å². The van der Waals surface area contributed by atoms with Crippen LogP contribution in [0.1, 0.15) is 13.8 Å². The lowest BCUT2D eigenvalue weighted by molar-refractivity contribution is -0.0105. The largest absolute Gasteiger partial charge is 0.367 e. The van der Waals surface area contributed by atoms with Crippen molar-refractivity contribution >= 4 is 0 Å². The molecular weight excluding hydrogens is 204 g/mol. The predicted octanol–water partition coefficient (Wildman–Crippen LogP) is 0.996. The lowest BCUT2D eigenvalue weighted by atomic mass is 9.97. The summed E-state index contributed by atoms with van der Waals surface area (Å²) in [6, 6.07) is 0. The zero-order valence-corrected chi connectivity index (χ0v) is 9.54. The minimum atomic E-state index is -0.195. The van der Waals surface area contributed by atoms with E-state index in [2.05, 4.69) is 30.6 Å². The number of ether oxygens (including phenoxy) is 2. The van der Waals surface area contributed by atoms with Crippen LogP contribution in [-0.2, 0) is 9.47 Å². The first-order valence-electron chi connectivity index (χ1n) is 5.61. The maximum absolute atomic E-state index is 5.60. The van der Waals surface area contributed by atoms with Crippen LogP contribution in [0.3, 0.4) is 0 Å². The molecule has 0 bridgehead atoms.